The lowest BCUT2D eigenvalue weighted by Crippen LogP contribution is -2.37. The summed E-state index contributed by atoms with van der Waals surface area (Å²) in [5.74, 6) is 8.31. The van der Waals surface area contributed by atoms with Gasteiger partial charge in [-0.2, -0.15) is 5.10 Å². The van der Waals surface area contributed by atoms with Crippen molar-refractivity contribution in [3.63, 3.8) is 0 Å². The zero-order valence-corrected chi connectivity index (χ0v) is 12.4. The van der Waals surface area contributed by atoms with Gasteiger partial charge in [0.1, 0.15) is 0 Å². The van der Waals surface area contributed by atoms with Crippen LogP contribution >= 0.6 is 0 Å². The number of aliphatic hydroxyl groups is 1. The van der Waals surface area contributed by atoms with Crippen LogP contribution in [-0.2, 0) is 7.05 Å². The van der Waals surface area contributed by atoms with Gasteiger partial charge < -0.3 is 10.4 Å². The standard InChI is InChI=1S/C17H23N3O/c1-20-6-7(4-19-20)12(21)5-18-17-15-10-2-8-9-3-11(13(8)15)16(17)14(9)10/h4,6,8-18,21H,2-3,5H2,1H3. The number of hydrogen-bond donors (Lipinski definition) is 2. The summed E-state index contributed by atoms with van der Waals surface area (Å²) in [6.45, 7) is 0.692. The monoisotopic (exact) mass is 285 g/mol. The van der Waals surface area contributed by atoms with E-state index in [4.69, 9.17) is 0 Å². The lowest BCUT2D eigenvalue weighted by Gasteiger charge is -2.33. The van der Waals surface area contributed by atoms with Crippen LogP contribution in [0.2, 0.25) is 0 Å². The summed E-state index contributed by atoms with van der Waals surface area (Å²) in [6, 6.07) is 0.707. The fraction of sp³-hybridized carbons (Fsp3) is 0.824. The average molecular weight is 285 g/mol. The first-order chi connectivity index (χ1) is 10.2. The van der Waals surface area contributed by atoms with Gasteiger partial charge >= 0.3 is 0 Å². The van der Waals surface area contributed by atoms with Gasteiger partial charge in [0.2, 0.25) is 0 Å². The molecule has 4 nitrogen and oxygen atoms in total. The summed E-state index contributed by atoms with van der Waals surface area (Å²) in [6.07, 6.45) is 6.38. The largest absolute Gasteiger partial charge is 0.387 e. The molecule has 9 atom stereocenters. The second kappa shape index (κ2) is 3.54. The normalized spacial score (nSPS) is 55.4. The Kier molecular flexibility index (Phi) is 1.97. The molecule has 21 heavy (non-hydrogen) atoms. The minimum atomic E-state index is -0.415. The molecule has 112 valence electrons. The fourth-order valence-corrected chi connectivity index (χ4v) is 7.87. The molecule has 6 aliphatic rings. The van der Waals surface area contributed by atoms with Gasteiger partial charge in [-0.05, 0) is 60.2 Å². The molecule has 0 aliphatic heterocycles. The Balaban J connectivity index is 1.21. The Morgan fingerprint density at radius 3 is 2.43 bits per heavy atom. The van der Waals surface area contributed by atoms with E-state index in [2.05, 4.69) is 10.4 Å². The van der Waals surface area contributed by atoms with Crippen molar-refractivity contribution in [3.05, 3.63) is 18.0 Å². The smallest absolute Gasteiger partial charge is 0.0944 e. The van der Waals surface area contributed by atoms with Gasteiger partial charge in [0.15, 0.2) is 0 Å². The summed E-state index contributed by atoms with van der Waals surface area (Å²) < 4.78 is 1.77. The molecule has 0 amide bonds. The van der Waals surface area contributed by atoms with Crippen molar-refractivity contribution in [2.24, 2.45) is 54.4 Å². The Bertz CT molecular complexity index is 585. The maximum atomic E-state index is 10.4. The SMILES string of the molecule is Cn1cc(C(O)CNC2C3C4CC5C6CC(C53)C2C64)cn1. The predicted octanol–water partition coefficient (Wildman–Crippen LogP) is 1.19. The molecule has 9 unspecified atom stereocenters. The molecule has 6 aliphatic carbocycles. The van der Waals surface area contributed by atoms with Crippen molar-refractivity contribution in [1.82, 2.24) is 15.1 Å². The number of rotatable bonds is 4. The molecular weight excluding hydrogens is 262 g/mol. The van der Waals surface area contributed by atoms with Crippen LogP contribution < -0.4 is 5.32 Å². The predicted molar refractivity (Wildman–Crippen MR) is 77.1 cm³/mol. The fourth-order valence-electron chi connectivity index (χ4n) is 7.87. The highest BCUT2D eigenvalue weighted by Crippen LogP contribution is 2.82. The van der Waals surface area contributed by atoms with E-state index >= 15 is 0 Å². The summed E-state index contributed by atoms with van der Waals surface area (Å²) in [4.78, 5) is 0. The van der Waals surface area contributed by atoms with Crippen LogP contribution in [0, 0.1) is 47.3 Å². The lowest BCUT2D eigenvalue weighted by molar-refractivity contribution is 0.132. The summed E-state index contributed by atoms with van der Waals surface area (Å²) >= 11 is 0. The molecule has 7 rings (SSSR count). The van der Waals surface area contributed by atoms with E-state index in [9.17, 15) is 5.11 Å². The van der Waals surface area contributed by atoms with Gasteiger partial charge in [-0.15, -0.1) is 0 Å². The topological polar surface area (TPSA) is 50.1 Å². The highest BCUT2D eigenvalue weighted by atomic mass is 16.3. The third-order valence-electron chi connectivity index (χ3n) is 7.98. The second-order valence-corrected chi connectivity index (χ2v) is 8.33. The van der Waals surface area contributed by atoms with Gasteiger partial charge in [0.25, 0.3) is 0 Å². The first-order valence-corrected chi connectivity index (χ1v) is 8.64. The van der Waals surface area contributed by atoms with Crippen molar-refractivity contribution in [3.8, 4) is 0 Å². The average Bonchev–Trinajstić information content (AvgIpc) is 3.20. The first-order valence-electron chi connectivity index (χ1n) is 8.64. The lowest BCUT2D eigenvalue weighted by atomic mass is 9.71. The molecule has 0 aromatic carbocycles. The highest BCUT2D eigenvalue weighted by molar-refractivity contribution is 5.29. The third-order valence-corrected chi connectivity index (χ3v) is 7.98. The van der Waals surface area contributed by atoms with Gasteiger partial charge in [0.05, 0.1) is 12.3 Å². The third kappa shape index (κ3) is 1.17. The van der Waals surface area contributed by atoms with Gasteiger partial charge in [-0.1, -0.05) is 0 Å². The zero-order chi connectivity index (χ0) is 13.9. The number of hydrogen-bond acceptors (Lipinski definition) is 3. The Morgan fingerprint density at radius 1 is 1.19 bits per heavy atom. The molecular formula is C17H23N3O. The van der Waals surface area contributed by atoms with Gasteiger partial charge in [-0.3, -0.25) is 4.68 Å². The molecule has 6 saturated carbocycles. The van der Waals surface area contributed by atoms with E-state index in [1.165, 1.54) is 0 Å². The first kappa shape index (κ1) is 11.7. The molecule has 0 spiro atoms. The van der Waals surface area contributed by atoms with Crippen LogP contribution in [0.3, 0.4) is 0 Å². The van der Waals surface area contributed by atoms with E-state index in [-0.39, 0.29) is 0 Å². The Labute approximate surface area is 124 Å². The van der Waals surface area contributed by atoms with Crippen LogP contribution in [0.1, 0.15) is 24.5 Å². The zero-order valence-electron chi connectivity index (χ0n) is 12.4. The van der Waals surface area contributed by atoms with Crippen molar-refractivity contribution in [2.45, 2.75) is 25.0 Å². The van der Waals surface area contributed by atoms with Crippen molar-refractivity contribution in [1.29, 1.82) is 0 Å². The van der Waals surface area contributed by atoms with E-state index in [0.29, 0.717) is 12.6 Å². The van der Waals surface area contributed by atoms with Crippen LogP contribution in [0.4, 0.5) is 0 Å². The van der Waals surface area contributed by atoms with E-state index in [0.717, 1.165) is 52.9 Å². The molecule has 1 heterocycles. The molecule has 4 heteroatoms. The van der Waals surface area contributed by atoms with Crippen LogP contribution in [0.25, 0.3) is 0 Å². The number of aliphatic hydroxyl groups excluding tert-OH is 1. The summed E-state index contributed by atoms with van der Waals surface area (Å²) in [5, 5.41) is 18.3. The van der Waals surface area contributed by atoms with E-state index in [1.807, 2.05) is 13.2 Å². The van der Waals surface area contributed by atoms with Gasteiger partial charge in [-0.25, -0.2) is 0 Å². The summed E-state index contributed by atoms with van der Waals surface area (Å²) in [5.41, 5.74) is 0.937. The minimum Gasteiger partial charge on any atom is -0.387 e. The van der Waals surface area contributed by atoms with E-state index < -0.39 is 6.10 Å². The van der Waals surface area contributed by atoms with Crippen molar-refractivity contribution >= 4 is 0 Å². The molecule has 6 fully saturated rings. The molecule has 1 aromatic heterocycles. The van der Waals surface area contributed by atoms with Crippen molar-refractivity contribution in [2.75, 3.05) is 6.54 Å². The van der Waals surface area contributed by atoms with Gasteiger partial charge in [0, 0.05) is 31.4 Å². The molecule has 2 N–H and O–H groups in total. The quantitative estimate of drug-likeness (QED) is 0.874. The molecule has 0 radical (unpaired) electrons. The second-order valence-electron chi connectivity index (χ2n) is 8.33. The number of nitrogens with zero attached hydrogens (tertiary/aromatic N) is 2. The number of aryl methyl sites for hydroxylation is 1. The maximum absolute atomic E-state index is 10.4. The van der Waals surface area contributed by atoms with Crippen molar-refractivity contribution < 1.29 is 5.11 Å². The maximum Gasteiger partial charge on any atom is 0.0944 e. The highest BCUT2D eigenvalue weighted by Gasteiger charge is 2.80. The Morgan fingerprint density at radius 2 is 1.86 bits per heavy atom. The molecule has 6 bridgehead atoms. The Hall–Kier alpha value is -0.870. The van der Waals surface area contributed by atoms with E-state index in [1.54, 1.807) is 23.7 Å². The number of aromatic nitrogens is 2. The summed E-state index contributed by atoms with van der Waals surface area (Å²) in [7, 11) is 1.90. The van der Waals surface area contributed by atoms with Crippen LogP contribution in [-0.4, -0.2) is 27.5 Å². The minimum absolute atomic E-state index is 0.415. The molecule has 1 aromatic rings. The number of nitrogens with one attached hydrogen (secondary N) is 1. The van der Waals surface area contributed by atoms with Crippen LogP contribution in [0.5, 0.6) is 0 Å². The molecule has 0 saturated heterocycles. The van der Waals surface area contributed by atoms with Crippen LogP contribution in [0.15, 0.2) is 12.4 Å².